The Morgan fingerprint density at radius 3 is 2.38 bits per heavy atom. The van der Waals surface area contributed by atoms with Gasteiger partial charge in [0.1, 0.15) is 24.2 Å². The predicted molar refractivity (Wildman–Crippen MR) is 172 cm³/mol. The van der Waals surface area contributed by atoms with E-state index in [1.54, 1.807) is 44.7 Å². The number of carbonyl (C=O) groups is 1. The van der Waals surface area contributed by atoms with E-state index >= 15 is 0 Å². The van der Waals surface area contributed by atoms with Gasteiger partial charge >= 0.3 is 0 Å². The van der Waals surface area contributed by atoms with Crippen molar-refractivity contribution < 1.29 is 23.7 Å². The van der Waals surface area contributed by atoms with Crippen molar-refractivity contribution in [1.29, 1.82) is 5.26 Å². The number of piperazine rings is 1. The maximum atomic E-state index is 13.1. The largest absolute Gasteiger partial charge is 0.493 e. The molecule has 0 bridgehead atoms. The molecule has 228 valence electrons. The van der Waals surface area contributed by atoms with E-state index in [1.165, 1.54) is 0 Å². The van der Waals surface area contributed by atoms with Crippen LogP contribution in [0.15, 0.2) is 85.1 Å². The van der Waals surface area contributed by atoms with E-state index in [2.05, 4.69) is 27.4 Å². The highest BCUT2D eigenvalue weighted by molar-refractivity contribution is 5.97. The van der Waals surface area contributed by atoms with Crippen LogP contribution in [-0.4, -0.2) is 69.5 Å². The van der Waals surface area contributed by atoms with Crippen molar-refractivity contribution >= 4 is 33.3 Å². The molecule has 1 saturated heterocycles. The Morgan fingerprint density at radius 1 is 0.889 bits per heavy atom. The molecule has 0 aliphatic carbocycles. The van der Waals surface area contributed by atoms with E-state index in [9.17, 15) is 10.1 Å². The van der Waals surface area contributed by atoms with E-state index < -0.39 is 0 Å². The summed E-state index contributed by atoms with van der Waals surface area (Å²) >= 11 is 0. The summed E-state index contributed by atoms with van der Waals surface area (Å²) in [6.45, 7) is 3.15. The molecule has 6 rings (SSSR count). The van der Waals surface area contributed by atoms with Crippen LogP contribution in [-0.2, 0) is 4.74 Å². The first-order chi connectivity index (χ1) is 22.1. The van der Waals surface area contributed by atoms with Crippen molar-refractivity contribution in [3.63, 3.8) is 0 Å². The molecule has 1 aliphatic rings. The quantitative estimate of drug-likeness (QED) is 0.206. The van der Waals surface area contributed by atoms with E-state index in [0.717, 1.165) is 27.6 Å². The highest BCUT2D eigenvalue weighted by Crippen LogP contribution is 2.38. The van der Waals surface area contributed by atoms with Gasteiger partial charge in [0, 0.05) is 56.5 Å². The van der Waals surface area contributed by atoms with Crippen molar-refractivity contribution in [3.05, 3.63) is 96.2 Å². The van der Waals surface area contributed by atoms with Crippen molar-refractivity contribution in [2.45, 2.75) is 0 Å². The number of ether oxygens (including phenoxy) is 4. The van der Waals surface area contributed by atoms with Gasteiger partial charge in [0.2, 0.25) is 0 Å². The number of pyridine rings is 1. The molecule has 1 fully saturated rings. The first-order valence-corrected chi connectivity index (χ1v) is 14.7. The zero-order chi connectivity index (χ0) is 31.2. The zero-order valence-corrected chi connectivity index (χ0v) is 25.2. The molecular weight excluding hydrogens is 570 g/mol. The SMILES string of the molecule is COCCOc1cc2ncc(C#N)c(N3CCN(NC(=O)c4ccc(Oc5ccc6ccccc6c5)cc4)CC3)c2cc1OC. The summed E-state index contributed by atoms with van der Waals surface area (Å²) < 4.78 is 22.5. The Bertz CT molecular complexity index is 1860. The number of benzene rings is 4. The molecular formula is C35H33N5O5. The van der Waals surface area contributed by atoms with Gasteiger partial charge < -0.3 is 23.8 Å². The number of amides is 1. The van der Waals surface area contributed by atoms with Crippen LogP contribution in [0.1, 0.15) is 15.9 Å². The lowest BCUT2D eigenvalue weighted by Crippen LogP contribution is -2.53. The lowest BCUT2D eigenvalue weighted by atomic mass is 10.1. The smallest absolute Gasteiger partial charge is 0.265 e. The Kier molecular flexibility index (Phi) is 8.91. The molecule has 1 N–H and O–H groups in total. The second kappa shape index (κ2) is 13.5. The van der Waals surface area contributed by atoms with Gasteiger partial charge in [0.15, 0.2) is 11.5 Å². The first kappa shape index (κ1) is 29.7. The van der Waals surface area contributed by atoms with Crippen molar-refractivity contribution in [3.8, 4) is 29.1 Å². The number of fused-ring (bicyclic) bond motifs is 2. The second-order valence-electron chi connectivity index (χ2n) is 10.5. The third kappa shape index (κ3) is 6.60. The minimum atomic E-state index is -0.196. The number of hydrogen-bond acceptors (Lipinski definition) is 9. The van der Waals surface area contributed by atoms with Crippen LogP contribution in [0, 0.1) is 11.3 Å². The third-order valence-electron chi connectivity index (χ3n) is 7.72. The van der Waals surface area contributed by atoms with Crippen LogP contribution in [0.5, 0.6) is 23.0 Å². The normalized spacial score (nSPS) is 13.4. The maximum Gasteiger partial charge on any atom is 0.265 e. The standard InChI is InChI=1S/C35H33N5O5/c1-42-17-18-44-33-21-31-30(20-32(33)43-2)34(27(22-36)23-37-31)39-13-15-40(16-14-39)38-35(41)25-8-10-28(11-9-25)45-29-12-7-24-5-3-4-6-26(24)19-29/h3-12,19-21,23H,13-18H2,1-2H3,(H,38,41). The van der Waals surface area contributed by atoms with Crippen LogP contribution in [0.3, 0.4) is 0 Å². The van der Waals surface area contributed by atoms with Gasteiger partial charge in [-0.3, -0.25) is 15.2 Å². The monoisotopic (exact) mass is 603 g/mol. The summed E-state index contributed by atoms with van der Waals surface area (Å²) in [5.41, 5.74) is 5.51. The molecule has 0 saturated carbocycles. The van der Waals surface area contributed by atoms with Gasteiger partial charge in [-0.25, -0.2) is 5.01 Å². The summed E-state index contributed by atoms with van der Waals surface area (Å²) in [6.07, 6.45) is 1.59. The third-order valence-corrected chi connectivity index (χ3v) is 7.72. The highest BCUT2D eigenvalue weighted by atomic mass is 16.5. The molecule has 1 aliphatic heterocycles. The van der Waals surface area contributed by atoms with Gasteiger partial charge in [-0.15, -0.1) is 0 Å². The fraction of sp³-hybridized carbons (Fsp3) is 0.229. The molecule has 0 spiro atoms. The average Bonchev–Trinajstić information content (AvgIpc) is 3.08. The van der Waals surface area contributed by atoms with E-state index in [1.807, 2.05) is 53.5 Å². The molecule has 1 aromatic heterocycles. The summed E-state index contributed by atoms with van der Waals surface area (Å²) in [5.74, 6) is 2.30. The summed E-state index contributed by atoms with van der Waals surface area (Å²) in [7, 11) is 3.20. The van der Waals surface area contributed by atoms with E-state index in [0.29, 0.717) is 73.3 Å². The Balaban J connectivity index is 1.10. The topological polar surface area (TPSA) is 109 Å². The van der Waals surface area contributed by atoms with E-state index in [-0.39, 0.29) is 5.91 Å². The van der Waals surface area contributed by atoms with Gasteiger partial charge in [-0.2, -0.15) is 5.26 Å². The van der Waals surface area contributed by atoms with Gasteiger partial charge in [-0.05, 0) is 53.2 Å². The number of carbonyl (C=O) groups excluding carboxylic acids is 1. The molecule has 45 heavy (non-hydrogen) atoms. The number of nitrogens with one attached hydrogen (secondary N) is 1. The maximum absolute atomic E-state index is 13.1. The number of nitriles is 1. The van der Waals surface area contributed by atoms with Crippen LogP contribution < -0.4 is 24.5 Å². The molecule has 0 atom stereocenters. The van der Waals surface area contributed by atoms with Gasteiger partial charge in [-0.1, -0.05) is 30.3 Å². The fourth-order valence-electron chi connectivity index (χ4n) is 5.41. The number of nitrogens with zero attached hydrogens (tertiary/aromatic N) is 4. The van der Waals surface area contributed by atoms with Crippen LogP contribution in [0.2, 0.25) is 0 Å². The molecule has 1 amide bonds. The molecule has 4 aromatic carbocycles. The Labute approximate surface area is 261 Å². The molecule has 0 unspecified atom stereocenters. The van der Waals surface area contributed by atoms with Crippen molar-refractivity contribution in [2.75, 3.05) is 58.5 Å². The predicted octanol–water partition coefficient (Wildman–Crippen LogP) is 5.55. The number of aromatic nitrogens is 1. The van der Waals surface area contributed by atoms with Crippen LogP contribution in [0.25, 0.3) is 21.7 Å². The lowest BCUT2D eigenvalue weighted by molar-refractivity contribution is 0.0777. The molecule has 10 nitrogen and oxygen atoms in total. The van der Waals surface area contributed by atoms with Crippen molar-refractivity contribution in [1.82, 2.24) is 15.4 Å². The molecule has 10 heteroatoms. The van der Waals surface area contributed by atoms with Crippen LogP contribution in [0.4, 0.5) is 5.69 Å². The average molecular weight is 604 g/mol. The summed E-state index contributed by atoms with van der Waals surface area (Å²) in [4.78, 5) is 19.7. The highest BCUT2D eigenvalue weighted by Gasteiger charge is 2.24. The number of rotatable bonds is 10. The van der Waals surface area contributed by atoms with Gasteiger partial charge in [0.05, 0.1) is 30.5 Å². The van der Waals surface area contributed by atoms with Crippen molar-refractivity contribution in [2.24, 2.45) is 0 Å². The molecule has 0 radical (unpaired) electrons. The zero-order valence-electron chi connectivity index (χ0n) is 25.2. The number of hydrazine groups is 1. The molecule has 5 aromatic rings. The summed E-state index contributed by atoms with van der Waals surface area (Å²) in [5, 5.41) is 14.9. The Morgan fingerprint density at radius 2 is 1.64 bits per heavy atom. The number of hydrogen-bond donors (Lipinski definition) is 1. The minimum Gasteiger partial charge on any atom is -0.493 e. The number of methoxy groups -OCH3 is 2. The summed E-state index contributed by atoms with van der Waals surface area (Å²) in [6, 6.07) is 27.1. The van der Waals surface area contributed by atoms with Crippen LogP contribution >= 0.6 is 0 Å². The molecule has 2 heterocycles. The fourth-order valence-corrected chi connectivity index (χ4v) is 5.41. The van der Waals surface area contributed by atoms with Gasteiger partial charge in [0.25, 0.3) is 5.91 Å². The first-order valence-electron chi connectivity index (χ1n) is 14.7. The second-order valence-corrected chi connectivity index (χ2v) is 10.5. The lowest BCUT2D eigenvalue weighted by Gasteiger charge is -2.36. The van der Waals surface area contributed by atoms with E-state index in [4.69, 9.17) is 18.9 Å². The Hall–Kier alpha value is -5.37. The number of anilines is 1. The minimum absolute atomic E-state index is 0.196.